The molecule has 0 atom stereocenters. The molecule has 0 unspecified atom stereocenters. The number of nitrogens with two attached hydrogens (primary N) is 1. The standard InChI is InChI=1S/C29H26FN9O/c1-2-25(40)38-14-12-37(13-15-38)18-19-5-8-21(9-6-19)39-28(22-4-3-11-32-26(22)31)35-24-17-34-27(36-29(24)39)23-10-7-20(30)16-33-23/h2-11,16-17H,1,12-15,18H2,(H2,31,32). The van der Waals surface area contributed by atoms with Crippen LogP contribution in [0, 0.1) is 5.82 Å². The maximum atomic E-state index is 13.5. The highest BCUT2D eigenvalue weighted by Gasteiger charge is 2.21. The van der Waals surface area contributed by atoms with Crippen LogP contribution < -0.4 is 5.73 Å². The normalized spacial score (nSPS) is 14.0. The molecule has 5 heterocycles. The van der Waals surface area contributed by atoms with E-state index in [-0.39, 0.29) is 5.91 Å². The lowest BCUT2D eigenvalue weighted by atomic mass is 10.1. The van der Waals surface area contributed by atoms with Gasteiger partial charge in [-0.3, -0.25) is 14.3 Å². The summed E-state index contributed by atoms with van der Waals surface area (Å²) in [7, 11) is 0. The zero-order valence-electron chi connectivity index (χ0n) is 21.6. The van der Waals surface area contributed by atoms with Crippen LogP contribution >= 0.6 is 0 Å². The molecule has 6 rings (SSSR count). The van der Waals surface area contributed by atoms with Crippen molar-refractivity contribution in [3.63, 3.8) is 0 Å². The van der Waals surface area contributed by atoms with Crippen LogP contribution in [0.25, 0.3) is 39.8 Å². The van der Waals surface area contributed by atoms with Crippen molar-refractivity contribution >= 4 is 22.9 Å². The van der Waals surface area contributed by atoms with Crippen molar-refractivity contribution < 1.29 is 9.18 Å². The Morgan fingerprint density at radius 3 is 2.48 bits per heavy atom. The Kier molecular flexibility index (Phi) is 6.71. The lowest BCUT2D eigenvalue weighted by molar-refractivity contribution is -0.127. The Balaban J connectivity index is 1.35. The Morgan fingerprint density at radius 1 is 0.975 bits per heavy atom. The number of amides is 1. The number of hydrogen-bond donors (Lipinski definition) is 1. The fourth-order valence-corrected chi connectivity index (χ4v) is 4.80. The number of halogens is 1. The average molecular weight is 536 g/mol. The van der Waals surface area contributed by atoms with E-state index in [4.69, 9.17) is 15.7 Å². The topological polar surface area (TPSA) is 119 Å². The van der Waals surface area contributed by atoms with Gasteiger partial charge < -0.3 is 10.6 Å². The van der Waals surface area contributed by atoms with E-state index in [0.29, 0.717) is 53.0 Å². The van der Waals surface area contributed by atoms with Crippen molar-refractivity contribution in [2.75, 3.05) is 31.9 Å². The number of benzene rings is 1. The van der Waals surface area contributed by atoms with Gasteiger partial charge in [0.25, 0.3) is 0 Å². The van der Waals surface area contributed by atoms with Crippen LogP contribution in [0.15, 0.2) is 79.8 Å². The number of nitrogens with zero attached hydrogens (tertiary/aromatic N) is 8. The molecule has 1 aliphatic rings. The molecule has 0 spiro atoms. The third kappa shape index (κ3) is 4.90. The molecule has 200 valence electrons. The van der Waals surface area contributed by atoms with Gasteiger partial charge in [0.1, 0.15) is 22.8 Å². The molecule has 11 heteroatoms. The Labute approximate surface area is 229 Å². The van der Waals surface area contributed by atoms with Crippen LogP contribution in [-0.4, -0.2) is 71.4 Å². The quantitative estimate of drug-likeness (QED) is 0.328. The molecule has 0 saturated carbocycles. The molecule has 1 fully saturated rings. The van der Waals surface area contributed by atoms with Gasteiger partial charge in [0.15, 0.2) is 17.3 Å². The fraction of sp³-hybridized carbons (Fsp3) is 0.172. The summed E-state index contributed by atoms with van der Waals surface area (Å²) in [5.74, 6) is 0.818. The summed E-state index contributed by atoms with van der Waals surface area (Å²) in [4.78, 5) is 38.4. The minimum Gasteiger partial charge on any atom is -0.383 e. The Bertz CT molecular complexity index is 1690. The number of hydrogen-bond acceptors (Lipinski definition) is 8. The second-order valence-electron chi connectivity index (χ2n) is 9.44. The predicted molar refractivity (Wildman–Crippen MR) is 150 cm³/mol. The summed E-state index contributed by atoms with van der Waals surface area (Å²) in [6.45, 7) is 7.32. The maximum Gasteiger partial charge on any atom is 0.246 e. The molecule has 0 aliphatic carbocycles. The number of nitrogen functional groups attached to an aromatic ring is 1. The van der Waals surface area contributed by atoms with Crippen molar-refractivity contribution in [1.29, 1.82) is 0 Å². The van der Waals surface area contributed by atoms with Gasteiger partial charge >= 0.3 is 0 Å². The lowest BCUT2D eigenvalue weighted by Gasteiger charge is -2.34. The zero-order valence-corrected chi connectivity index (χ0v) is 21.6. The van der Waals surface area contributed by atoms with Crippen LogP contribution in [0.3, 0.4) is 0 Å². The van der Waals surface area contributed by atoms with E-state index in [1.807, 2.05) is 27.7 Å². The number of imidazole rings is 1. The molecule has 10 nitrogen and oxygen atoms in total. The van der Waals surface area contributed by atoms with Gasteiger partial charge in [-0.25, -0.2) is 29.3 Å². The monoisotopic (exact) mass is 535 g/mol. The minimum absolute atomic E-state index is 0.0243. The highest BCUT2D eigenvalue weighted by molar-refractivity contribution is 5.87. The van der Waals surface area contributed by atoms with Crippen molar-refractivity contribution in [2.45, 2.75) is 6.54 Å². The largest absolute Gasteiger partial charge is 0.383 e. The van der Waals surface area contributed by atoms with E-state index in [2.05, 4.69) is 38.6 Å². The molecule has 1 aromatic carbocycles. The van der Waals surface area contributed by atoms with Crippen LogP contribution in [0.4, 0.5) is 10.2 Å². The zero-order chi connectivity index (χ0) is 27.6. The van der Waals surface area contributed by atoms with E-state index >= 15 is 0 Å². The van der Waals surface area contributed by atoms with Crippen LogP contribution in [0.1, 0.15) is 5.56 Å². The number of rotatable bonds is 6. The van der Waals surface area contributed by atoms with E-state index in [1.54, 1.807) is 24.5 Å². The maximum absolute atomic E-state index is 13.5. The first kappa shape index (κ1) is 25.3. The number of carbonyl (C=O) groups is 1. The fourth-order valence-electron chi connectivity index (χ4n) is 4.80. The molecule has 1 aliphatic heterocycles. The first-order chi connectivity index (χ1) is 19.5. The number of carbonyl (C=O) groups excluding carboxylic acids is 1. The van der Waals surface area contributed by atoms with E-state index in [0.717, 1.165) is 37.1 Å². The molecule has 40 heavy (non-hydrogen) atoms. The van der Waals surface area contributed by atoms with Crippen LogP contribution in [0.5, 0.6) is 0 Å². The van der Waals surface area contributed by atoms with E-state index in [9.17, 15) is 9.18 Å². The Morgan fingerprint density at radius 2 is 1.77 bits per heavy atom. The summed E-state index contributed by atoms with van der Waals surface area (Å²) < 4.78 is 15.4. The van der Waals surface area contributed by atoms with Crippen molar-refractivity contribution in [1.82, 2.24) is 39.3 Å². The highest BCUT2D eigenvalue weighted by Crippen LogP contribution is 2.31. The lowest BCUT2D eigenvalue weighted by Crippen LogP contribution is -2.47. The molecule has 5 aromatic rings. The molecule has 0 radical (unpaired) electrons. The van der Waals surface area contributed by atoms with Crippen molar-refractivity contribution in [3.05, 3.63) is 91.2 Å². The number of piperazine rings is 1. The third-order valence-corrected chi connectivity index (χ3v) is 6.90. The smallest absolute Gasteiger partial charge is 0.246 e. The summed E-state index contributed by atoms with van der Waals surface area (Å²) in [6, 6.07) is 14.7. The number of aromatic nitrogens is 6. The molecule has 1 amide bonds. The SMILES string of the molecule is C=CC(=O)N1CCN(Cc2ccc(-n3c(-c4cccnc4N)nc4cnc(-c5ccc(F)cn5)nc43)cc2)CC1. The average Bonchev–Trinajstić information content (AvgIpc) is 3.37. The second-order valence-corrected chi connectivity index (χ2v) is 9.44. The van der Waals surface area contributed by atoms with E-state index in [1.165, 1.54) is 12.1 Å². The van der Waals surface area contributed by atoms with Gasteiger partial charge in [-0.2, -0.15) is 0 Å². The van der Waals surface area contributed by atoms with Gasteiger partial charge in [0.2, 0.25) is 5.91 Å². The molecular formula is C29H26FN9O. The highest BCUT2D eigenvalue weighted by atomic mass is 19.1. The van der Waals surface area contributed by atoms with Gasteiger partial charge in [-0.05, 0) is 48.0 Å². The summed E-state index contributed by atoms with van der Waals surface area (Å²) in [5, 5.41) is 0. The van der Waals surface area contributed by atoms with Gasteiger partial charge in [0.05, 0.1) is 18.0 Å². The van der Waals surface area contributed by atoms with Crippen LogP contribution in [0.2, 0.25) is 0 Å². The van der Waals surface area contributed by atoms with Crippen molar-refractivity contribution in [3.8, 4) is 28.6 Å². The first-order valence-corrected chi connectivity index (χ1v) is 12.8. The Hall–Kier alpha value is -5.03. The summed E-state index contributed by atoms with van der Waals surface area (Å²) in [5.41, 5.74) is 10.5. The molecule has 0 bridgehead atoms. The molecule has 4 aromatic heterocycles. The molecule has 2 N–H and O–H groups in total. The van der Waals surface area contributed by atoms with Gasteiger partial charge in [-0.15, -0.1) is 0 Å². The second kappa shape index (κ2) is 10.6. The molecule has 1 saturated heterocycles. The summed E-state index contributed by atoms with van der Waals surface area (Å²) >= 11 is 0. The predicted octanol–water partition coefficient (Wildman–Crippen LogP) is 3.49. The van der Waals surface area contributed by atoms with Gasteiger partial charge in [0, 0.05) is 44.6 Å². The summed E-state index contributed by atoms with van der Waals surface area (Å²) in [6.07, 6.45) is 5.76. The number of pyridine rings is 2. The van der Waals surface area contributed by atoms with Gasteiger partial charge in [-0.1, -0.05) is 18.7 Å². The van der Waals surface area contributed by atoms with E-state index < -0.39 is 5.82 Å². The third-order valence-electron chi connectivity index (χ3n) is 6.90. The minimum atomic E-state index is -0.434. The van der Waals surface area contributed by atoms with Crippen molar-refractivity contribution in [2.24, 2.45) is 0 Å². The van der Waals surface area contributed by atoms with Crippen LogP contribution in [-0.2, 0) is 11.3 Å². The number of fused-ring (bicyclic) bond motifs is 1. The molecular weight excluding hydrogens is 509 g/mol. The first-order valence-electron chi connectivity index (χ1n) is 12.8. The number of anilines is 1.